The Bertz CT molecular complexity index is 907. The van der Waals surface area contributed by atoms with Crippen molar-refractivity contribution in [1.82, 2.24) is 5.01 Å². The third-order valence-electron chi connectivity index (χ3n) is 5.23. The minimum Gasteiger partial charge on any atom is -0.321 e. The molecule has 7 nitrogen and oxygen atoms in total. The Morgan fingerprint density at radius 1 is 1.15 bits per heavy atom. The molecule has 0 spiro atoms. The second kappa shape index (κ2) is 6.50. The SMILES string of the molecule is O=C(Nc1ccc2c(c1)CCC2)C1=NN([C@@H]2CCS(=O)(=O)C2)C(=O)CC1. The van der Waals surface area contributed by atoms with E-state index in [2.05, 4.69) is 10.4 Å². The van der Waals surface area contributed by atoms with Gasteiger partial charge in [-0.2, -0.15) is 5.10 Å². The van der Waals surface area contributed by atoms with Gasteiger partial charge in [-0.15, -0.1) is 0 Å². The highest BCUT2D eigenvalue weighted by Gasteiger charge is 2.37. The Kier molecular flexibility index (Phi) is 4.30. The predicted molar refractivity (Wildman–Crippen MR) is 97.7 cm³/mol. The molecule has 1 aliphatic carbocycles. The number of amides is 2. The first kappa shape index (κ1) is 17.2. The van der Waals surface area contributed by atoms with Crippen LogP contribution in [0.5, 0.6) is 0 Å². The summed E-state index contributed by atoms with van der Waals surface area (Å²) in [5.74, 6) is -0.572. The second-order valence-electron chi connectivity index (χ2n) is 7.13. The number of hydrogen-bond donors (Lipinski definition) is 1. The number of benzene rings is 1. The van der Waals surface area contributed by atoms with E-state index in [1.165, 1.54) is 16.1 Å². The lowest BCUT2D eigenvalue weighted by molar-refractivity contribution is -0.133. The van der Waals surface area contributed by atoms with Gasteiger partial charge in [0.1, 0.15) is 5.71 Å². The van der Waals surface area contributed by atoms with Gasteiger partial charge in [-0.25, -0.2) is 13.4 Å². The standard InChI is InChI=1S/C18H21N3O4S/c22-17-7-6-16(20-21(17)15-8-9-26(24,25)11-15)18(23)19-14-5-4-12-2-1-3-13(12)10-14/h4-5,10,15H,1-3,6-9,11H2,(H,19,23)/t15-/m1/s1. The van der Waals surface area contributed by atoms with Crippen LogP contribution in [-0.2, 0) is 32.3 Å². The van der Waals surface area contributed by atoms with Crippen molar-refractivity contribution in [3.8, 4) is 0 Å². The van der Waals surface area contributed by atoms with Gasteiger partial charge in [0, 0.05) is 18.5 Å². The van der Waals surface area contributed by atoms with Crippen LogP contribution in [0.3, 0.4) is 0 Å². The van der Waals surface area contributed by atoms with Crippen LogP contribution in [0.4, 0.5) is 5.69 Å². The average Bonchev–Trinajstić information content (AvgIpc) is 3.20. The fourth-order valence-corrected chi connectivity index (χ4v) is 5.53. The molecule has 2 aliphatic heterocycles. The van der Waals surface area contributed by atoms with Crippen molar-refractivity contribution in [2.75, 3.05) is 16.8 Å². The topological polar surface area (TPSA) is 95.9 Å². The van der Waals surface area contributed by atoms with Crippen molar-refractivity contribution in [1.29, 1.82) is 0 Å². The van der Waals surface area contributed by atoms with Crippen LogP contribution in [0.25, 0.3) is 0 Å². The summed E-state index contributed by atoms with van der Waals surface area (Å²) in [7, 11) is -3.12. The largest absolute Gasteiger partial charge is 0.321 e. The highest BCUT2D eigenvalue weighted by molar-refractivity contribution is 7.91. The molecule has 1 atom stereocenters. The molecule has 3 aliphatic rings. The molecule has 138 valence electrons. The number of sulfone groups is 1. The number of carbonyl (C=O) groups is 2. The summed E-state index contributed by atoms with van der Waals surface area (Å²) < 4.78 is 23.3. The maximum absolute atomic E-state index is 12.6. The normalized spacial score (nSPS) is 24.3. The van der Waals surface area contributed by atoms with E-state index in [4.69, 9.17) is 0 Å². The van der Waals surface area contributed by atoms with Crippen LogP contribution in [0.2, 0.25) is 0 Å². The minimum absolute atomic E-state index is 0.0631. The molecule has 1 aromatic carbocycles. The summed E-state index contributed by atoms with van der Waals surface area (Å²) in [5, 5.41) is 8.27. The molecule has 4 rings (SSSR count). The Morgan fingerprint density at radius 2 is 1.96 bits per heavy atom. The fraction of sp³-hybridized carbons (Fsp3) is 0.500. The van der Waals surface area contributed by atoms with Crippen molar-refractivity contribution in [2.45, 2.75) is 44.6 Å². The van der Waals surface area contributed by atoms with Crippen LogP contribution < -0.4 is 5.32 Å². The summed E-state index contributed by atoms with van der Waals surface area (Å²) in [6, 6.07) is 5.46. The maximum atomic E-state index is 12.6. The Hall–Kier alpha value is -2.22. The fourth-order valence-electron chi connectivity index (χ4n) is 3.84. The first-order valence-electron chi connectivity index (χ1n) is 8.94. The Morgan fingerprint density at radius 3 is 2.73 bits per heavy atom. The molecule has 1 saturated heterocycles. The van der Waals surface area contributed by atoms with E-state index in [0.29, 0.717) is 6.42 Å². The molecule has 8 heteroatoms. The maximum Gasteiger partial charge on any atom is 0.271 e. The summed E-state index contributed by atoms with van der Waals surface area (Å²) in [6.07, 6.45) is 4.06. The van der Waals surface area contributed by atoms with Gasteiger partial charge in [0.15, 0.2) is 9.84 Å². The first-order chi connectivity index (χ1) is 12.4. The van der Waals surface area contributed by atoms with Gasteiger partial charge < -0.3 is 5.32 Å². The Labute approximate surface area is 152 Å². The third kappa shape index (κ3) is 3.38. The van der Waals surface area contributed by atoms with Crippen molar-refractivity contribution in [3.63, 3.8) is 0 Å². The third-order valence-corrected chi connectivity index (χ3v) is 6.98. The Balaban J connectivity index is 1.50. The molecular formula is C18H21N3O4S. The van der Waals surface area contributed by atoms with E-state index < -0.39 is 15.9 Å². The number of rotatable bonds is 3. The highest BCUT2D eigenvalue weighted by atomic mass is 32.2. The molecule has 0 unspecified atom stereocenters. The highest BCUT2D eigenvalue weighted by Crippen LogP contribution is 2.26. The van der Waals surface area contributed by atoms with Gasteiger partial charge in [-0.3, -0.25) is 9.59 Å². The number of anilines is 1. The van der Waals surface area contributed by atoms with E-state index in [1.54, 1.807) is 0 Å². The molecule has 1 fully saturated rings. The van der Waals surface area contributed by atoms with Crippen LogP contribution in [0.15, 0.2) is 23.3 Å². The van der Waals surface area contributed by atoms with Crippen LogP contribution in [-0.4, -0.2) is 48.5 Å². The van der Waals surface area contributed by atoms with Gasteiger partial charge in [-0.05, 0) is 48.9 Å². The monoisotopic (exact) mass is 375 g/mol. The average molecular weight is 375 g/mol. The lowest BCUT2D eigenvalue weighted by atomic mass is 10.1. The van der Waals surface area contributed by atoms with E-state index in [1.807, 2.05) is 18.2 Å². The number of nitrogens with zero attached hydrogens (tertiary/aromatic N) is 2. The van der Waals surface area contributed by atoms with Crippen LogP contribution in [0, 0.1) is 0 Å². The van der Waals surface area contributed by atoms with Crippen molar-refractivity contribution in [2.24, 2.45) is 5.10 Å². The molecule has 26 heavy (non-hydrogen) atoms. The van der Waals surface area contributed by atoms with E-state index in [9.17, 15) is 18.0 Å². The number of hydrogen-bond acceptors (Lipinski definition) is 5. The lowest BCUT2D eigenvalue weighted by Gasteiger charge is -2.27. The van der Waals surface area contributed by atoms with Gasteiger partial charge in [0.25, 0.3) is 5.91 Å². The molecule has 2 amide bonds. The zero-order chi connectivity index (χ0) is 18.3. The summed E-state index contributed by atoms with van der Waals surface area (Å²) in [5.41, 5.74) is 3.60. The number of nitrogens with one attached hydrogen (secondary N) is 1. The van der Waals surface area contributed by atoms with Gasteiger partial charge >= 0.3 is 0 Å². The minimum atomic E-state index is -3.12. The molecule has 0 saturated carbocycles. The zero-order valence-corrected chi connectivity index (χ0v) is 15.2. The van der Waals surface area contributed by atoms with Gasteiger partial charge in [0.05, 0.1) is 17.5 Å². The molecule has 0 radical (unpaired) electrons. The van der Waals surface area contributed by atoms with Crippen molar-refractivity contribution in [3.05, 3.63) is 29.3 Å². The summed E-state index contributed by atoms with van der Waals surface area (Å²) >= 11 is 0. The smallest absolute Gasteiger partial charge is 0.271 e. The van der Waals surface area contributed by atoms with E-state index >= 15 is 0 Å². The van der Waals surface area contributed by atoms with Crippen molar-refractivity contribution < 1.29 is 18.0 Å². The predicted octanol–water partition coefficient (Wildman–Crippen LogP) is 1.28. The van der Waals surface area contributed by atoms with Crippen LogP contribution >= 0.6 is 0 Å². The first-order valence-corrected chi connectivity index (χ1v) is 10.8. The molecule has 0 aromatic heterocycles. The molecule has 0 bridgehead atoms. The molecule has 1 aromatic rings. The number of carbonyl (C=O) groups excluding carboxylic acids is 2. The zero-order valence-electron chi connectivity index (χ0n) is 14.4. The van der Waals surface area contributed by atoms with Crippen LogP contribution in [0.1, 0.15) is 36.8 Å². The summed E-state index contributed by atoms with van der Waals surface area (Å²) in [4.78, 5) is 24.7. The number of aryl methyl sites for hydroxylation is 2. The quantitative estimate of drug-likeness (QED) is 0.861. The lowest BCUT2D eigenvalue weighted by Crippen LogP contribution is -2.42. The number of hydrazone groups is 1. The summed E-state index contributed by atoms with van der Waals surface area (Å²) in [6.45, 7) is 0. The van der Waals surface area contributed by atoms with Gasteiger partial charge in [0.2, 0.25) is 5.91 Å². The molecule has 1 N–H and O–H groups in total. The molecular weight excluding hydrogens is 354 g/mol. The number of fused-ring (bicyclic) bond motifs is 1. The van der Waals surface area contributed by atoms with E-state index in [-0.39, 0.29) is 41.9 Å². The van der Waals surface area contributed by atoms with Crippen molar-refractivity contribution >= 4 is 33.1 Å². The van der Waals surface area contributed by atoms with Gasteiger partial charge in [-0.1, -0.05) is 6.07 Å². The molecule has 2 heterocycles. The van der Waals surface area contributed by atoms with E-state index in [0.717, 1.165) is 24.9 Å². The second-order valence-corrected chi connectivity index (χ2v) is 9.36.